The molecule has 2 unspecified atom stereocenters. The highest BCUT2D eigenvalue weighted by molar-refractivity contribution is 4.71. The highest BCUT2D eigenvalue weighted by Crippen LogP contribution is 2.12. The molecule has 4 heteroatoms. The molecule has 1 fully saturated rings. The summed E-state index contributed by atoms with van der Waals surface area (Å²) in [6.45, 7) is 6.18. The van der Waals surface area contributed by atoms with Crippen LogP contribution < -0.4 is 5.32 Å². The Kier molecular flexibility index (Phi) is 6.17. The lowest BCUT2D eigenvalue weighted by Gasteiger charge is -2.23. The van der Waals surface area contributed by atoms with Crippen LogP contribution in [0.4, 0.5) is 0 Å². The molecular formula is C11H24N2O2. The van der Waals surface area contributed by atoms with Gasteiger partial charge in [-0.2, -0.15) is 0 Å². The minimum absolute atomic E-state index is 0.281. The molecule has 4 nitrogen and oxygen atoms in total. The predicted molar refractivity (Wildman–Crippen MR) is 61.0 cm³/mol. The fourth-order valence-corrected chi connectivity index (χ4v) is 1.95. The molecule has 15 heavy (non-hydrogen) atoms. The fraction of sp³-hybridized carbons (Fsp3) is 1.00. The highest BCUT2D eigenvalue weighted by atomic mass is 16.5. The van der Waals surface area contributed by atoms with Crippen LogP contribution in [0.25, 0.3) is 0 Å². The summed E-state index contributed by atoms with van der Waals surface area (Å²) in [7, 11) is 2.04. The minimum Gasteiger partial charge on any atom is -0.390 e. The van der Waals surface area contributed by atoms with Gasteiger partial charge in [0.25, 0.3) is 0 Å². The van der Waals surface area contributed by atoms with Gasteiger partial charge >= 0.3 is 0 Å². The molecule has 0 aromatic carbocycles. The third-order valence-corrected chi connectivity index (χ3v) is 2.69. The second kappa shape index (κ2) is 7.17. The van der Waals surface area contributed by atoms with Crippen molar-refractivity contribution in [2.75, 3.05) is 39.8 Å². The van der Waals surface area contributed by atoms with E-state index in [1.165, 1.54) is 6.42 Å². The zero-order chi connectivity index (χ0) is 11.1. The molecule has 0 amide bonds. The molecule has 0 aromatic heterocycles. The standard InChI is InChI=1S/C11H24N2O2/c1-3-12-7-10(14)8-13(2)9-11-5-4-6-15-11/h10-12,14H,3-9H2,1-2H3. The Balaban J connectivity index is 2.08. The van der Waals surface area contributed by atoms with Crippen LogP contribution in [0.5, 0.6) is 0 Å². The Labute approximate surface area is 92.6 Å². The molecule has 1 heterocycles. The van der Waals surface area contributed by atoms with E-state index < -0.39 is 0 Å². The largest absolute Gasteiger partial charge is 0.390 e. The summed E-state index contributed by atoms with van der Waals surface area (Å²) in [6.07, 6.45) is 2.43. The Morgan fingerprint density at radius 1 is 1.60 bits per heavy atom. The SMILES string of the molecule is CCNCC(O)CN(C)CC1CCCO1. The van der Waals surface area contributed by atoms with E-state index in [0.29, 0.717) is 19.2 Å². The second-order valence-electron chi connectivity index (χ2n) is 4.32. The number of ether oxygens (including phenoxy) is 1. The Hall–Kier alpha value is -0.160. The first-order valence-corrected chi connectivity index (χ1v) is 5.91. The maximum Gasteiger partial charge on any atom is 0.0791 e. The zero-order valence-electron chi connectivity index (χ0n) is 9.91. The maximum atomic E-state index is 9.68. The number of hydrogen-bond donors (Lipinski definition) is 2. The van der Waals surface area contributed by atoms with E-state index in [1.54, 1.807) is 0 Å². The van der Waals surface area contributed by atoms with Gasteiger partial charge in [0.05, 0.1) is 12.2 Å². The molecule has 0 saturated carbocycles. The van der Waals surface area contributed by atoms with Crippen molar-refractivity contribution in [3.63, 3.8) is 0 Å². The lowest BCUT2D eigenvalue weighted by molar-refractivity contribution is 0.0605. The van der Waals surface area contributed by atoms with Gasteiger partial charge in [-0.3, -0.25) is 0 Å². The van der Waals surface area contributed by atoms with Crippen LogP contribution in [-0.4, -0.2) is 62.0 Å². The number of likely N-dealkylation sites (N-methyl/N-ethyl adjacent to an activating group) is 2. The quantitative estimate of drug-likeness (QED) is 0.632. The Morgan fingerprint density at radius 2 is 2.40 bits per heavy atom. The van der Waals surface area contributed by atoms with E-state index in [0.717, 1.165) is 26.1 Å². The van der Waals surface area contributed by atoms with Gasteiger partial charge in [0.2, 0.25) is 0 Å². The van der Waals surface area contributed by atoms with Crippen LogP contribution in [0, 0.1) is 0 Å². The van der Waals surface area contributed by atoms with Crippen LogP contribution in [0.2, 0.25) is 0 Å². The van der Waals surface area contributed by atoms with Gasteiger partial charge in [-0.15, -0.1) is 0 Å². The van der Waals surface area contributed by atoms with Gasteiger partial charge in [0.15, 0.2) is 0 Å². The average Bonchev–Trinajstić information content (AvgIpc) is 2.67. The van der Waals surface area contributed by atoms with Crippen LogP contribution in [0.1, 0.15) is 19.8 Å². The molecule has 1 rings (SSSR count). The first-order chi connectivity index (χ1) is 7.22. The van der Waals surface area contributed by atoms with Crippen molar-refractivity contribution in [1.82, 2.24) is 10.2 Å². The molecule has 0 spiro atoms. The number of rotatable bonds is 7. The van der Waals surface area contributed by atoms with Gasteiger partial charge < -0.3 is 20.1 Å². The Bertz CT molecular complexity index is 161. The third-order valence-electron chi connectivity index (χ3n) is 2.69. The summed E-state index contributed by atoms with van der Waals surface area (Å²) in [6, 6.07) is 0. The van der Waals surface area contributed by atoms with E-state index in [2.05, 4.69) is 10.2 Å². The lowest BCUT2D eigenvalue weighted by atomic mass is 10.2. The topological polar surface area (TPSA) is 44.7 Å². The molecule has 0 radical (unpaired) electrons. The summed E-state index contributed by atoms with van der Waals surface area (Å²) in [5.74, 6) is 0. The van der Waals surface area contributed by atoms with Crippen LogP contribution in [0.15, 0.2) is 0 Å². The van der Waals surface area contributed by atoms with E-state index in [1.807, 2.05) is 14.0 Å². The second-order valence-corrected chi connectivity index (χ2v) is 4.32. The normalized spacial score (nSPS) is 23.6. The maximum absolute atomic E-state index is 9.68. The van der Waals surface area contributed by atoms with Gasteiger partial charge in [-0.1, -0.05) is 6.92 Å². The first-order valence-electron chi connectivity index (χ1n) is 5.91. The summed E-state index contributed by atoms with van der Waals surface area (Å²) in [5.41, 5.74) is 0. The molecule has 0 aromatic rings. The summed E-state index contributed by atoms with van der Waals surface area (Å²) in [5, 5.41) is 12.8. The summed E-state index contributed by atoms with van der Waals surface area (Å²) < 4.78 is 5.55. The molecule has 0 aliphatic carbocycles. The van der Waals surface area contributed by atoms with Crippen molar-refractivity contribution in [2.45, 2.75) is 32.0 Å². The average molecular weight is 216 g/mol. The van der Waals surface area contributed by atoms with E-state index >= 15 is 0 Å². The van der Waals surface area contributed by atoms with E-state index in [-0.39, 0.29) is 6.10 Å². The van der Waals surface area contributed by atoms with Gasteiger partial charge in [0, 0.05) is 26.2 Å². The van der Waals surface area contributed by atoms with Crippen molar-refractivity contribution in [3.05, 3.63) is 0 Å². The number of nitrogens with one attached hydrogen (secondary N) is 1. The molecule has 90 valence electrons. The first kappa shape index (κ1) is 12.9. The molecular weight excluding hydrogens is 192 g/mol. The van der Waals surface area contributed by atoms with Crippen molar-refractivity contribution in [1.29, 1.82) is 0 Å². The molecule has 2 atom stereocenters. The summed E-state index contributed by atoms with van der Waals surface area (Å²) in [4.78, 5) is 2.15. The number of nitrogens with zero attached hydrogens (tertiary/aromatic N) is 1. The minimum atomic E-state index is -0.281. The summed E-state index contributed by atoms with van der Waals surface area (Å²) >= 11 is 0. The number of aliphatic hydroxyl groups excluding tert-OH is 1. The van der Waals surface area contributed by atoms with Crippen LogP contribution >= 0.6 is 0 Å². The third kappa shape index (κ3) is 5.47. The lowest BCUT2D eigenvalue weighted by Crippen LogP contribution is -2.39. The van der Waals surface area contributed by atoms with E-state index in [4.69, 9.17) is 4.74 Å². The van der Waals surface area contributed by atoms with Gasteiger partial charge in [-0.25, -0.2) is 0 Å². The van der Waals surface area contributed by atoms with Crippen molar-refractivity contribution in [2.24, 2.45) is 0 Å². The molecule has 0 bridgehead atoms. The van der Waals surface area contributed by atoms with Crippen LogP contribution in [-0.2, 0) is 4.74 Å². The van der Waals surface area contributed by atoms with Gasteiger partial charge in [0.1, 0.15) is 0 Å². The van der Waals surface area contributed by atoms with Crippen LogP contribution in [0.3, 0.4) is 0 Å². The number of hydrogen-bond acceptors (Lipinski definition) is 4. The molecule has 1 aliphatic heterocycles. The van der Waals surface area contributed by atoms with Gasteiger partial charge in [-0.05, 0) is 26.4 Å². The predicted octanol–water partition coefficient (Wildman–Crippen LogP) is 0.0676. The number of aliphatic hydroxyl groups is 1. The smallest absolute Gasteiger partial charge is 0.0791 e. The highest BCUT2D eigenvalue weighted by Gasteiger charge is 2.18. The molecule has 2 N–H and O–H groups in total. The monoisotopic (exact) mass is 216 g/mol. The van der Waals surface area contributed by atoms with Crippen molar-refractivity contribution < 1.29 is 9.84 Å². The van der Waals surface area contributed by atoms with E-state index in [9.17, 15) is 5.11 Å². The van der Waals surface area contributed by atoms with Crippen molar-refractivity contribution in [3.8, 4) is 0 Å². The fourth-order valence-electron chi connectivity index (χ4n) is 1.95. The zero-order valence-corrected chi connectivity index (χ0v) is 9.91. The van der Waals surface area contributed by atoms with Crippen molar-refractivity contribution >= 4 is 0 Å². The Morgan fingerprint density at radius 3 is 3.00 bits per heavy atom. The molecule has 1 saturated heterocycles. The molecule has 1 aliphatic rings.